The van der Waals surface area contributed by atoms with Gasteiger partial charge >= 0.3 is 0 Å². The molecule has 0 aliphatic rings. The van der Waals surface area contributed by atoms with Gasteiger partial charge in [-0.25, -0.2) is 8.42 Å². The number of rotatable bonds is 6. The molecule has 0 aliphatic heterocycles. The molecular formula is C16H14ClN5O3S. The van der Waals surface area contributed by atoms with Crippen LogP contribution in [-0.4, -0.2) is 27.1 Å². The van der Waals surface area contributed by atoms with E-state index in [2.05, 4.69) is 10.5 Å². The number of hydrogen-bond donors (Lipinski definition) is 3. The lowest BCUT2D eigenvalue weighted by molar-refractivity contribution is 0.413. The highest BCUT2D eigenvalue weighted by atomic mass is 35.5. The third-order valence-electron chi connectivity index (χ3n) is 3.21. The largest absolute Gasteiger partial charge is 0.497 e. The van der Waals surface area contributed by atoms with Gasteiger partial charge in [-0.05, 0) is 36.4 Å². The first-order chi connectivity index (χ1) is 12.3. The maximum absolute atomic E-state index is 12.8. The topological polar surface area (TPSA) is 141 Å². The molecule has 8 nitrogen and oxygen atoms in total. The fourth-order valence-corrected chi connectivity index (χ4v) is 3.37. The normalized spacial score (nSPS) is 11.5. The van der Waals surface area contributed by atoms with E-state index in [1.54, 1.807) is 6.07 Å². The highest BCUT2D eigenvalue weighted by Crippen LogP contribution is 2.29. The Bertz CT molecular complexity index is 1010. The molecule has 0 fully saturated rings. The van der Waals surface area contributed by atoms with E-state index in [0.717, 1.165) is 0 Å². The Morgan fingerprint density at radius 1 is 1.27 bits per heavy atom. The minimum absolute atomic E-state index is 0.0433. The van der Waals surface area contributed by atoms with Crippen LogP contribution in [0.15, 0.2) is 57.4 Å². The Hall–Kier alpha value is -3.09. The number of anilines is 1. The zero-order valence-electron chi connectivity index (χ0n) is 13.5. The number of nitrogens with two attached hydrogens (primary N) is 1. The van der Waals surface area contributed by atoms with Crippen molar-refractivity contribution in [2.45, 2.75) is 9.79 Å². The van der Waals surface area contributed by atoms with E-state index in [0.29, 0.717) is 5.02 Å². The van der Waals surface area contributed by atoms with Gasteiger partial charge in [0.2, 0.25) is 15.5 Å². The van der Waals surface area contributed by atoms with Crippen LogP contribution in [0.25, 0.3) is 0 Å². The van der Waals surface area contributed by atoms with Crippen LogP contribution in [0.3, 0.4) is 0 Å². The molecule has 0 aromatic heterocycles. The maximum Gasteiger partial charge on any atom is 0.206 e. The number of benzene rings is 2. The fourth-order valence-electron chi connectivity index (χ4n) is 1.93. The Kier molecular flexibility index (Phi) is 5.82. The lowest BCUT2D eigenvalue weighted by atomic mass is 10.3. The molecule has 4 N–H and O–H groups in total. The van der Waals surface area contributed by atoms with Gasteiger partial charge in [-0.2, -0.15) is 10.4 Å². The fraction of sp³-hybridized carbons (Fsp3) is 0.0625. The van der Waals surface area contributed by atoms with Gasteiger partial charge in [0.1, 0.15) is 11.8 Å². The van der Waals surface area contributed by atoms with E-state index in [-0.39, 0.29) is 26.9 Å². The first-order valence-electron chi connectivity index (χ1n) is 7.06. The molecule has 2 aromatic rings. The third kappa shape index (κ3) is 4.30. The minimum atomic E-state index is -3.83. The number of nitrogens with one attached hydrogen (secondary N) is 2. The molecule has 10 heteroatoms. The molecule has 26 heavy (non-hydrogen) atoms. The summed E-state index contributed by atoms with van der Waals surface area (Å²) >= 11 is 5.80. The van der Waals surface area contributed by atoms with E-state index in [9.17, 15) is 8.42 Å². The van der Waals surface area contributed by atoms with Crippen LogP contribution in [0.4, 0.5) is 5.69 Å². The molecule has 0 heterocycles. The number of methoxy groups -OCH3 is 1. The Morgan fingerprint density at radius 2 is 1.92 bits per heavy atom. The van der Waals surface area contributed by atoms with Crippen LogP contribution in [0.5, 0.6) is 5.75 Å². The number of nitriles is 1. The predicted molar refractivity (Wildman–Crippen MR) is 98.5 cm³/mol. The van der Waals surface area contributed by atoms with Crippen LogP contribution in [0, 0.1) is 16.7 Å². The molecule has 0 radical (unpaired) electrons. The van der Waals surface area contributed by atoms with Crippen molar-refractivity contribution in [3.63, 3.8) is 0 Å². The standard InChI is InChI=1S/C16H14ClN5O3S/c1-25-12-6-11(21-22-15(9-18)16(19)20)7-14(8-12)26(23,24)13-4-2-10(17)3-5-13/h2-8,21H,1H3,(H3,19,20)/b22-15+. The quantitative estimate of drug-likeness (QED) is 0.392. The SMILES string of the molecule is COc1cc(N/N=C(\C#N)C(=N)N)cc(S(=O)(=O)c2ccc(Cl)cc2)c1. The molecule has 0 bridgehead atoms. The minimum Gasteiger partial charge on any atom is -0.497 e. The molecule has 0 saturated heterocycles. The smallest absolute Gasteiger partial charge is 0.206 e. The lowest BCUT2D eigenvalue weighted by Gasteiger charge is -2.10. The van der Waals surface area contributed by atoms with Crippen molar-refractivity contribution in [3.05, 3.63) is 47.5 Å². The number of nitrogens with zero attached hydrogens (tertiary/aromatic N) is 2. The van der Waals surface area contributed by atoms with Crippen molar-refractivity contribution >= 4 is 38.7 Å². The van der Waals surface area contributed by atoms with Gasteiger partial charge in [0.05, 0.1) is 22.6 Å². The van der Waals surface area contributed by atoms with Crippen LogP contribution in [0.1, 0.15) is 0 Å². The van der Waals surface area contributed by atoms with Crippen molar-refractivity contribution in [2.24, 2.45) is 10.8 Å². The van der Waals surface area contributed by atoms with Crippen molar-refractivity contribution < 1.29 is 13.2 Å². The van der Waals surface area contributed by atoms with Crippen LogP contribution < -0.4 is 15.9 Å². The van der Waals surface area contributed by atoms with Gasteiger partial charge in [-0.1, -0.05) is 11.6 Å². The van der Waals surface area contributed by atoms with Gasteiger partial charge in [0.25, 0.3) is 0 Å². The van der Waals surface area contributed by atoms with Crippen molar-refractivity contribution in [1.29, 1.82) is 10.7 Å². The number of halogens is 1. The summed E-state index contributed by atoms with van der Waals surface area (Å²) in [6, 6.07) is 11.6. The van der Waals surface area contributed by atoms with Crippen molar-refractivity contribution in [1.82, 2.24) is 0 Å². The second-order valence-electron chi connectivity index (χ2n) is 4.95. The molecule has 2 rings (SSSR count). The van der Waals surface area contributed by atoms with E-state index < -0.39 is 15.7 Å². The van der Waals surface area contributed by atoms with Gasteiger partial charge in [0.15, 0.2) is 5.84 Å². The number of hydrogen-bond acceptors (Lipinski definition) is 7. The average molecular weight is 392 g/mol. The molecule has 0 aliphatic carbocycles. The summed E-state index contributed by atoms with van der Waals surface area (Å²) in [4.78, 5) is 0.0178. The van der Waals surface area contributed by atoms with Gasteiger partial charge in [-0.15, -0.1) is 0 Å². The molecule has 2 aromatic carbocycles. The van der Waals surface area contributed by atoms with Crippen molar-refractivity contribution in [3.8, 4) is 11.8 Å². The van der Waals surface area contributed by atoms with Crippen LogP contribution in [0.2, 0.25) is 5.02 Å². The zero-order chi connectivity index (χ0) is 19.3. The maximum atomic E-state index is 12.8. The Morgan fingerprint density at radius 3 is 2.46 bits per heavy atom. The number of ether oxygens (including phenoxy) is 1. The van der Waals surface area contributed by atoms with Gasteiger partial charge in [-0.3, -0.25) is 10.8 Å². The number of amidine groups is 1. The van der Waals surface area contributed by atoms with Crippen LogP contribution in [-0.2, 0) is 9.84 Å². The van der Waals surface area contributed by atoms with Crippen LogP contribution >= 0.6 is 11.6 Å². The average Bonchev–Trinajstić information content (AvgIpc) is 2.62. The third-order valence-corrected chi connectivity index (χ3v) is 5.21. The zero-order valence-corrected chi connectivity index (χ0v) is 15.1. The van der Waals surface area contributed by atoms with Gasteiger partial charge in [0, 0.05) is 11.1 Å². The molecule has 134 valence electrons. The molecule has 0 unspecified atom stereocenters. The first kappa shape index (κ1) is 19.2. The molecule has 0 amide bonds. The molecule has 0 spiro atoms. The van der Waals surface area contributed by atoms with E-state index in [1.165, 1.54) is 49.6 Å². The molecular weight excluding hydrogens is 378 g/mol. The summed E-state index contributed by atoms with van der Waals surface area (Å²) < 4.78 is 30.7. The Balaban J connectivity index is 2.48. The summed E-state index contributed by atoms with van der Waals surface area (Å²) in [5, 5.41) is 20.2. The van der Waals surface area contributed by atoms with Crippen molar-refractivity contribution in [2.75, 3.05) is 12.5 Å². The number of sulfone groups is 1. The summed E-state index contributed by atoms with van der Waals surface area (Å²) in [5.74, 6) is -0.254. The van der Waals surface area contributed by atoms with Gasteiger partial charge < -0.3 is 10.5 Å². The highest BCUT2D eigenvalue weighted by molar-refractivity contribution is 7.91. The Labute approximate surface area is 155 Å². The summed E-state index contributed by atoms with van der Waals surface area (Å²) in [5.41, 5.74) is 7.62. The molecule has 0 atom stereocenters. The van der Waals surface area contributed by atoms with E-state index in [4.69, 9.17) is 32.7 Å². The molecule has 0 saturated carbocycles. The predicted octanol–water partition coefficient (Wildman–Crippen LogP) is 2.41. The first-order valence-corrected chi connectivity index (χ1v) is 8.92. The van der Waals surface area contributed by atoms with E-state index >= 15 is 0 Å². The number of hydrazone groups is 1. The van der Waals surface area contributed by atoms with E-state index in [1.807, 2.05) is 0 Å². The second-order valence-corrected chi connectivity index (χ2v) is 7.34. The summed E-state index contributed by atoms with van der Waals surface area (Å²) in [6.07, 6.45) is 0. The highest BCUT2D eigenvalue weighted by Gasteiger charge is 2.19. The summed E-state index contributed by atoms with van der Waals surface area (Å²) in [7, 11) is -2.44. The lowest BCUT2D eigenvalue weighted by Crippen LogP contribution is -2.21. The summed E-state index contributed by atoms with van der Waals surface area (Å²) in [6.45, 7) is 0. The monoisotopic (exact) mass is 391 g/mol. The second kappa shape index (κ2) is 7.86.